The highest BCUT2D eigenvalue weighted by Crippen LogP contribution is 2.21. The molecule has 2 rings (SSSR count). The van der Waals surface area contributed by atoms with Gasteiger partial charge in [-0.15, -0.1) is 0 Å². The smallest absolute Gasteiger partial charge is 0.223 e. The number of aromatic nitrogens is 1. The molecule has 0 unspecified atom stereocenters. The molecule has 0 radical (unpaired) electrons. The van der Waals surface area contributed by atoms with Crippen LogP contribution < -0.4 is 0 Å². The molecule has 0 N–H and O–H groups in total. The van der Waals surface area contributed by atoms with Gasteiger partial charge in [-0.1, -0.05) is 58.0 Å². The van der Waals surface area contributed by atoms with Crippen LogP contribution in [0.5, 0.6) is 0 Å². The summed E-state index contributed by atoms with van der Waals surface area (Å²) in [6.07, 6.45) is 3.67. The molecule has 0 saturated carbocycles. The Balaban J connectivity index is 2.10. The molecule has 3 nitrogen and oxygen atoms in total. The van der Waals surface area contributed by atoms with E-state index in [4.69, 9.17) is 0 Å². The minimum atomic E-state index is 0.0229. The average molecular weight is 326 g/mol. The van der Waals surface area contributed by atoms with Crippen LogP contribution in [-0.4, -0.2) is 21.9 Å². The van der Waals surface area contributed by atoms with Crippen LogP contribution in [0.15, 0.2) is 48.7 Å². The number of carbonyl (C=O) groups excluding carboxylic acids is 1. The van der Waals surface area contributed by atoms with Crippen molar-refractivity contribution < 1.29 is 4.79 Å². The molecule has 0 atom stereocenters. The van der Waals surface area contributed by atoms with E-state index in [-0.39, 0.29) is 11.3 Å². The highest BCUT2D eigenvalue weighted by atomic mass is 16.2. The molecule has 0 aliphatic heterocycles. The van der Waals surface area contributed by atoms with Crippen molar-refractivity contribution in [2.75, 3.05) is 6.54 Å². The Hall–Kier alpha value is -2.03. The standard InChI is InChI=1S/C21H30N2O/c1-5-13-23(20(24)15-21(2,3)4)17-19-12-9-14-22(19)16-18-10-7-6-8-11-18/h6-12,14H,5,13,15-17H2,1-4H3. The molecule has 1 aromatic heterocycles. The van der Waals surface area contributed by atoms with E-state index in [1.165, 1.54) is 11.3 Å². The summed E-state index contributed by atoms with van der Waals surface area (Å²) < 4.78 is 2.24. The molecule has 0 aliphatic carbocycles. The molecule has 0 aliphatic rings. The Kier molecular flexibility index (Phi) is 6.24. The number of benzene rings is 1. The molecule has 0 fully saturated rings. The third kappa shape index (κ3) is 5.55. The molecule has 130 valence electrons. The van der Waals surface area contributed by atoms with E-state index in [1.807, 2.05) is 11.0 Å². The van der Waals surface area contributed by atoms with E-state index in [0.717, 1.165) is 19.5 Å². The Morgan fingerprint density at radius 2 is 1.79 bits per heavy atom. The van der Waals surface area contributed by atoms with Gasteiger partial charge < -0.3 is 9.47 Å². The van der Waals surface area contributed by atoms with Crippen molar-refractivity contribution in [3.8, 4) is 0 Å². The number of hydrogen-bond acceptors (Lipinski definition) is 1. The fraction of sp³-hybridized carbons (Fsp3) is 0.476. The van der Waals surface area contributed by atoms with Crippen molar-refractivity contribution >= 4 is 5.91 Å². The summed E-state index contributed by atoms with van der Waals surface area (Å²) in [7, 11) is 0. The van der Waals surface area contributed by atoms with Gasteiger partial charge in [-0.2, -0.15) is 0 Å². The summed E-state index contributed by atoms with van der Waals surface area (Å²) in [6.45, 7) is 10.8. The van der Waals surface area contributed by atoms with Gasteiger partial charge in [0, 0.05) is 31.4 Å². The van der Waals surface area contributed by atoms with E-state index in [1.54, 1.807) is 0 Å². The van der Waals surface area contributed by atoms with Crippen LogP contribution in [0.4, 0.5) is 0 Å². The molecular formula is C21H30N2O. The van der Waals surface area contributed by atoms with E-state index < -0.39 is 0 Å². The Bertz CT molecular complexity index is 637. The second-order valence-electron chi connectivity index (χ2n) is 7.67. The Morgan fingerprint density at radius 3 is 2.42 bits per heavy atom. The lowest BCUT2D eigenvalue weighted by atomic mass is 9.91. The number of amides is 1. The van der Waals surface area contributed by atoms with Crippen LogP contribution in [0.1, 0.15) is 51.8 Å². The van der Waals surface area contributed by atoms with Crippen molar-refractivity contribution in [3.63, 3.8) is 0 Å². The summed E-state index contributed by atoms with van der Waals surface area (Å²) >= 11 is 0. The third-order valence-electron chi connectivity index (χ3n) is 4.00. The number of rotatable bonds is 7. The van der Waals surface area contributed by atoms with Crippen molar-refractivity contribution in [2.24, 2.45) is 5.41 Å². The zero-order chi connectivity index (χ0) is 17.6. The molecule has 0 bridgehead atoms. The maximum atomic E-state index is 12.7. The van der Waals surface area contributed by atoms with E-state index >= 15 is 0 Å². The lowest BCUT2D eigenvalue weighted by Gasteiger charge is -2.27. The second-order valence-corrected chi connectivity index (χ2v) is 7.67. The first-order chi connectivity index (χ1) is 11.4. The summed E-state index contributed by atoms with van der Waals surface area (Å²) in [5, 5.41) is 0. The largest absolute Gasteiger partial charge is 0.345 e. The van der Waals surface area contributed by atoms with Crippen LogP contribution in [0.3, 0.4) is 0 Å². The Morgan fingerprint density at radius 1 is 1.08 bits per heavy atom. The second kappa shape index (κ2) is 8.18. The first kappa shape index (κ1) is 18.3. The molecular weight excluding hydrogens is 296 g/mol. The quantitative estimate of drug-likeness (QED) is 0.723. The maximum absolute atomic E-state index is 12.7. The van der Waals surface area contributed by atoms with E-state index in [0.29, 0.717) is 13.0 Å². The molecule has 0 spiro atoms. The van der Waals surface area contributed by atoms with Crippen LogP contribution in [0.2, 0.25) is 0 Å². The molecule has 2 aromatic rings. The summed E-state index contributed by atoms with van der Waals surface area (Å²) in [4.78, 5) is 14.7. The molecule has 1 heterocycles. The van der Waals surface area contributed by atoms with Gasteiger partial charge in [0.25, 0.3) is 0 Å². The van der Waals surface area contributed by atoms with Gasteiger partial charge in [-0.25, -0.2) is 0 Å². The summed E-state index contributed by atoms with van der Waals surface area (Å²) in [5.74, 6) is 0.247. The molecule has 24 heavy (non-hydrogen) atoms. The number of hydrogen-bond donors (Lipinski definition) is 0. The zero-order valence-electron chi connectivity index (χ0n) is 15.5. The molecule has 1 aromatic carbocycles. The molecule has 0 saturated heterocycles. The first-order valence-corrected chi connectivity index (χ1v) is 8.85. The fourth-order valence-corrected chi connectivity index (χ4v) is 2.85. The lowest BCUT2D eigenvalue weighted by molar-refractivity contribution is -0.133. The third-order valence-corrected chi connectivity index (χ3v) is 4.00. The van der Waals surface area contributed by atoms with Gasteiger partial charge in [0.1, 0.15) is 0 Å². The fourth-order valence-electron chi connectivity index (χ4n) is 2.85. The van der Waals surface area contributed by atoms with Crippen LogP contribution >= 0.6 is 0 Å². The monoisotopic (exact) mass is 326 g/mol. The molecule has 1 amide bonds. The highest BCUT2D eigenvalue weighted by Gasteiger charge is 2.21. The number of carbonyl (C=O) groups is 1. The SMILES string of the molecule is CCCN(Cc1cccn1Cc1ccccc1)C(=O)CC(C)(C)C. The lowest BCUT2D eigenvalue weighted by Crippen LogP contribution is -2.34. The highest BCUT2D eigenvalue weighted by molar-refractivity contribution is 5.76. The van der Waals surface area contributed by atoms with Crippen LogP contribution in [-0.2, 0) is 17.9 Å². The van der Waals surface area contributed by atoms with E-state index in [2.05, 4.69) is 74.9 Å². The zero-order valence-corrected chi connectivity index (χ0v) is 15.5. The average Bonchev–Trinajstić information content (AvgIpc) is 2.93. The van der Waals surface area contributed by atoms with Gasteiger partial charge in [-0.3, -0.25) is 4.79 Å². The van der Waals surface area contributed by atoms with Crippen molar-refractivity contribution in [1.29, 1.82) is 0 Å². The summed E-state index contributed by atoms with van der Waals surface area (Å²) in [6, 6.07) is 14.6. The Labute approximate surface area is 146 Å². The maximum Gasteiger partial charge on any atom is 0.223 e. The summed E-state index contributed by atoms with van der Waals surface area (Å²) in [5.41, 5.74) is 2.49. The predicted octanol–water partition coefficient (Wildman–Crippen LogP) is 4.71. The normalized spacial score (nSPS) is 11.5. The van der Waals surface area contributed by atoms with Gasteiger partial charge in [0.05, 0.1) is 6.54 Å². The van der Waals surface area contributed by atoms with Gasteiger partial charge in [0.15, 0.2) is 0 Å². The van der Waals surface area contributed by atoms with Gasteiger partial charge >= 0.3 is 0 Å². The van der Waals surface area contributed by atoms with Gasteiger partial charge in [-0.05, 0) is 29.5 Å². The minimum absolute atomic E-state index is 0.0229. The van der Waals surface area contributed by atoms with Crippen LogP contribution in [0.25, 0.3) is 0 Å². The van der Waals surface area contributed by atoms with E-state index in [9.17, 15) is 4.79 Å². The number of nitrogens with zero attached hydrogens (tertiary/aromatic N) is 2. The molecule has 3 heteroatoms. The first-order valence-electron chi connectivity index (χ1n) is 8.85. The van der Waals surface area contributed by atoms with Crippen molar-refractivity contribution in [1.82, 2.24) is 9.47 Å². The topological polar surface area (TPSA) is 25.2 Å². The minimum Gasteiger partial charge on any atom is -0.345 e. The van der Waals surface area contributed by atoms with Crippen LogP contribution in [0, 0.1) is 5.41 Å². The van der Waals surface area contributed by atoms with Crippen molar-refractivity contribution in [2.45, 2.75) is 53.6 Å². The van der Waals surface area contributed by atoms with Crippen molar-refractivity contribution in [3.05, 3.63) is 59.9 Å². The van der Waals surface area contributed by atoms with Gasteiger partial charge in [0.2, 0.25) is 5.91 Å². The predicted molar refractivity (Wildman–Crippen MR) is 99.8 cm³/mol.